The lowest BCUT2D eigenvalue weighted by molar-refractivity contribution is -0.0469. The van der Waals surface area contributed by atoms with Crippen molar-refractivity contribution >= 4 is 0 Å². The van der Waals surface area contributed by atoms with Crippen molar-refractivity contribution in [2.75, 3.05) is 6.54 Å². The Bertz CT molecular complexity index is 175. The Morgan fingerprint density at radius 1 is 1.29 bits per heavy atom. The summed E-state index contributed by atoms with van der Waals surface area (Å²) in [5, 5.41) is 13.5. The van der Waals surface area contributed by atoms with Crippen LogP contribution in [-0.2, 0) is 4.74 Å². The molecular weight excluding hydrogens is 178 g/mol. The maximum absolute atomic E-state index is 10.1. The Labute approximate surface area is 85.8 Å². The SMILES string of the molecule is CC1CCC(C(O)C2CCCCN2)O1. The molecule has 3 heteroatoms. The van der Waals surface area contributed by atoms with Gasteiger partial charge in [-0.05, 0) is 39.2 Å². The highest BCUT2D eigenvalue weighted by Crippen LogP contribution is 2.25. The first kappa shape index (κ1) is 10.4. The van der Waals surface area contributed by atoms with Gasteiger partial charge in [-0.2, -0.15) is 0 Å². The molecule has 0 radical (unpaired) electrons. The zero-order valence-electron chi connectivity index (χ0n) is 8.91. The third-order valence-corrected chi connectivity index (χ3v) is 3.41. The molecule has 0 aromatic carbocycles. The number of piperidine rings is 1. The molecule has 0 aromatic heterocycles. The van der Waals surface area contributed by atoms with Crippen molar-refractivity contribution in [3.8, 4) is 0 Å². The van der Waals surface area contributed by atoms with E-state index in [4.69, 9.17) is 4.74 Å². The van der Waals surface area contributed by atoms with Gasteiger partial charge in [0, 0.05) is 6.04 Å². The van der Waals surface area contributed by atoms with Crippen molar-refractivity contribution in [2.45, 2.75) is 63.4 Å². The molecule has 2 saturated heterocycles. The largest absolute Gasteiger partial charge is 0.389 e. The number of aliphatic hydroxyl groups excluding tert-OH is 1. The minimum atomic E-state index is -0.305. The van der Waals surface area contributed by atoms with Gasteiger partial charge < -0.3 is 15.2 Å². The summed E-state index contributed by atoms with van der Waals surface area (Å²) in [5.41, 5.74) is 0. The minimum Gasteiger partial charge on any atom is -0.389 e. The van der Waals surface area contributed by atoms with Gasteiger partial charge in [-0.3, -0.25) is 0 Å². The molecule has 2 rings (SSSR count). The van der Waals surface area contributed by atoms with Crippen LogP contribution in [0.4, 0.5) is 0 Å². The van der Waals surface area contributed by atoms with Crippen LogP contribution < -0.4 is 5.32 Å². The Kier molecular flexibility index (Phi) is 3.42. The summed E-state index contributed by atoms with van der Waals surface area (Å²) in [6, 6.07) is 0.263. The van der Waals surface area contributed by atoms with Crippen LogP contribution >= 0.6 is 0 Å². The Balaban J connectivity index is 1.84. The lowest BCUT2D eigenvalue weighted by Gasteiger charge is -2.31. The molecule has 14 heavy (non-hydrogen) atoms. The number of aliphatic hydroxyl groups is 1. The first-order valence-electron chi connectivity index (χ1n) is 5.84. The lowest BCUT2D eigenvalue weighted by atomic mass is 9.95. The third-order valence-electron chi connectivity index (χ3n) is 3.41. The van der Waals surface area contributed by atoms with Crippen LogP contribution in [-0.4, -0.2) is 36.0 Å². The van der Waals surface area contributed by atoms with Crippen molar-refractivity contribution < 1.29 is 9.84 Å². The van der Waals surface area contributed by atoms with Crippen LogP contribution in [0.1, 0.15) is 39.0 Å². The second-order valence-electron chi connectivity index (χ2n) is 4.61. The maximum Gasteiger partial charge on any atom is 0.0954 e. The van der Waals surface area contributed by atoms with E-state index in [9.17, 15) is 5.11 Å². The molecule has 82 valence electrons. The molecule has 0 saturated carbocycles. The Hall–Kier alpha value is -0.120. The highest BCUT2D eigenvalue weighted by molar-refractivity contribution is 4.87. The zero-order valence-corrected chi connectivity index (χ0v) is 8.91. The fourth-order valence-electron chi connectivity index (χ4n) is 2.51. The van der Waals surface area contributed by atoms with Crippen LogP contribution in [0.2, 0.25) is 0 Å². The molecule has 2 aliphatic rings. The molecule has 0 aromatic rings. The summed E-state index contributed by atoms with van der Waals surface area (Å²) >= 11 is 0. The molecule has 2 N–H and O–H groups in total. The van der Waals surface area contributed by atoms with Crippen LogP contribution in [0.15, 0.2) is 0 Å². The second kappa shape index (κ2) is 4.60. The van der Waals surface area contributed by atoms with Crippen LogP contribution in [0, 0.1) is 0 Å². The number of hydrogen-bond donors (Lipinski definition) is 2. The van der Waals surface area contributed by atoms with Crippen molar-refractivity contribution in [3.05, 3.63) is 0 Å². The van der Waals surface area contributed by atoms with Gasteiger partial charge in [0.15, 0.2) is 0 Å². The van der Waals surface area contributed by atoms with E-state index in [2.05, 4.69) is 12.2 Å². The fraction of sp³-hybridized carbons (Fsp3) is 1.00. The van der Waals surface area contributed by atoms with Crippen molar-refractivity contribution in [1.29, 1.82) is 0 Å². The first-order chi connectivity index (χ1) is 6.77. The topological polar surface area (TPSA) is 41.5 Å². The highest BCUT2D eigenvalue weighted by Gasteiger charge is 2.33. The molecule has 0 bridgehead atoms. The summed E-state index contributed by atoms with van der Waals surface area (Å²) < 4.78 is 5.69. The molecule has 4 unspecified atom stereocenters. The van der Waals surface area contributed by atoms with Gasteiger partial charge in [-0.25, -0.2) is 0 Å². The van der Waals surface area contributed by atoms with Gasteiger partial charge >= 0.3 is 0 Å². The van der Waals surface area contributed by atoms with E-state index < -0.39 is 0 Å². The number of nitrogens with one attached hydrogen (secondary N) is 1. The molecule has 2 aliphatic heterocycles. The molecule has 2 heterocycles. The quantitative estimate of drug-likeness (QED) is 0.698. The Morgan fingerprint density at radius 3 is 2.71 bits per heavy atom. The summed E-state index contributed by atoms with van der Waals surface area (Å²) in [4.78, 5) is 0. The van der Waals surface area contributed by atoms with Crippen LogP contribution in [0.3, 0.4) is 0 Å². The van der Waals surface area contributed by atoms with Gasteiger partial charge in [0.25, 0.3) is 0 Å². The molecule has 4 atom stereocenters. The molecule has 0 spiro atoms. The average Bonchev–Trinajstić information content (AvgIpc) is 2.65. The minimum absolute atomic E-state index is 0.0700. The van der Waals surface area contributed by atoms with Crippen molar-refractivity contribution in [3.63, 3.8) is 0 Å². The second-order valence-corrected chi connectivity index (χ2v) is 4.61. The summed E-state index contributed by atoms with van der Waals surface area (Å²) in [7, 11) is 0. The molecule has 3 nitrogen and oxygen atoms in total. The average molecular weight is 199 g/mol. The molecular formula is C11H21NO2. The lowest BCUT2D eigenvalue weighted by Crippen LogP contribution is -2.48. The van der Waals surface area contributed by atoms with E-state index in [0.717, 1.165) is 25.8 Å². The fourth-order valence-corrected chi connectivity index (χ4v) is 2.51. The first-order valence-corrected chi connectivity index (χ1v) is 5.84. The maximum atomic E-state index is 10.1. The van der Waals surface area contributed by atoms with Crippen LogP contribution in [0.5, 0.6) is 0 Å². The van der Waals surface area contributed by atoms with E-state index in [-0.39, 0.29) is 18.2 Å². The van der Waals surface area contributed by atoms with Gasteiger partial charge in [0.05, 0.1) is 18.3 Å². The van der Waals surface area contributed by atoms with Gasteiger partial charge in [-0.15, -0.1) is 0 Å². The summed E-state index contributed by atoms with van der Waals surface area (Å²) in [5.74, 6) is 0. The van der Waals surface area contributed by atoms with Crippen LogP contribution in [0.25, 0.3) is 0 Å². The van der Waals surface area contributed by atoms with Gasteiger partial charge in [-0.1, -0.05) is 6.42 Å². The number of rotatable bonds is 2. The van der Waals surface area contributed by atoms with E-state index in [0.29, 0.717) is 6.10 Å². The van der Waals surface area contributed by atoms with Crippen molar-refractivity contribution in [2.24, 2.45) is 0 Å². The predicted octanol–water partition coefficient (Wildman–Crippen LogP) is 1.06. The highest BCUT2D eigenvalue weighted by atomic mass is 16.5. The molecule has 0 amide bonds. The third kappa shape index (κ3) is 2.27. The predicted molar refractivity (Wildman–Crippen MR) is 55.2 cm³/mol. The van der Waals surface area contributed by atoms with Crippen molar-refractivity contribution in [1.82, 2.24) is 5.32 Å². The van der Waals surface area contributed by atoms with E-state index in [1.54, 1.807) is 0 Å². The van der Waals surface area contributed by atoms with E-state index >= 15 is 0 Å². The number of ether oxygens (including phenoxy) is 1. The van der Waals surface area contributed by atoms with Gasteiger partial charge in [0.1, 0.15) is 0 Å². The van der Waals surface area contributed by atoms with E-state index in [1.807, 2.05) is 0 Å². The standard InChI is InChI=1S/C11H21NO2/c1-8-5-6-10(14-8)11(13)9-4-2-3-7-12-9/h8-13H,2-7H2,1H3. The van der Waals surface area contributed by atoms with Gasteiger partial charge in [0.2, 0.25) is 0 Å². The molecule has 2 fully saturated rings. The normalized spacial score (nSPS) is 41.1. The van der Waals surface area contributed by atoms with E-state index in [1.165, 1.54) is 12.8 Å². The monoisotopic (exact) mass is 199 g/mol. The molecule has 0 aliphatic carbocycles. The Morgan fingerprint density at radius 2 is 2.14 bits per heavy atom. The summed E-state index contributed by atoms with van der Waals surface area (Å²) in [6.45, 7) is 3.13. The summed E-state index contributed by atoms with van der Waals surface area (Å²) in [6.07, 6.45) is 5.77. The number of hydrogen-bond acceptors (Lipinski definition) is 3. The zero-order chi connectivity index (χ0) is 9.97. The smallest absolute Gasteiger partial charge is 0.0954 e.